The van der Waals surface area contributed by atoms with Crippen LogP contribution in [0.4, 0.5) is 0 Å². The molecular formula is C12H3Cl8N2+. The van der Waals surface area contributed by atoms with Crippen LogP contribution in [0.3, 0.4) is 0 Å². The highest BCUT2D eigenvalue weighted by Crippen LogP contribution is 2.42. The lowest BCUT2D eigenvalue weighted by molar-refractivity contribution is -0.507. The average Bonchev–Trinajstić information content (AvgIpc) is 2.75. The van der Waals surface area contributed by atoms with E-state index in [1.54, 1.807) is 27.1 Å². The standard InChI is InChI=1S/C12H3Cl8N2/c13-6-7(14)9-11(17)21-3-4(12(18,19)20)1-2-5(21)22(9)10(16)8(6)15/h1-3H/q+1. The summed E-state index contributed by atoms with van der Waals surface area (Å²) in [6.07, 6.45) is 1.58. The third kappa shape index (κ3) is 2.53. The van der Waals surface area contributed by atoms with Gasteiger partial charge in [0.1, 0.15) is 16.2 Å². The predicted octanol–water partition coefficient (Wildman–Crippen LogP) is 6.77. The largest absolute Gasteiger partial charge is 0.293 e. The molecule has 3 heterocycles. The molecule has 0 aliphatic carbocycles. The van der Waals surface area contributed by atoms with Gasteiger partial charge in [-0.25, -0.2) is 0 Å². The Morgan fingerprint density at radius 3 is 2.09 bits per heavy atom. The fraction of sp³-hybridized carbons (Fsp3) is 0.0833. The van der Waals surface area contributed by atoms with Gasteiger partial charge in [0, 0.05) is 11.6 Å². The van der Waals surface area contributed by atoms with Crippen molar-refractivity contribution in [2.45, 2.75) is 3.79 Å². The van der Waals surface area contributed by atoms with Crippen molar-refractivity contribution in [3.05, 3.63) is 49.3 Å². The van der Waals surface area contributed by atoms with Gasteiger partial charge in [-0.2, -0.15) is 8.80 Å². The number of pyridine rings is 2. The van der Waals surface area contributed by atoms with Gasteiger partial charge < -0.3 is 0 Å². The minimum Gasteiger partial charge on any atom is -0.184 e. The Hall–Kier alpha value is 0.490. The van der Waals surface area contributed by atoms with Crippen LogP contribution in [0.1, 0.15) is 5.56 Å². The van der Waals surface area contributed by atoms with Crippen LogP contribution < -0.4 is 4.40 Å². The topological polar surface area (TPSA) is 8.51 Å². The summed E-state index contributed by atoms with van der Waals surface area (Å²) < 4.78 is 1.56. The molecule has 3 aromatic rings. The second kappa shape index (κ2) is 5.79. The molecule has 3 aromatic heterocycles. The maximum Gasteiger partial charge on any atom is 0.293 e. The molecule has 0 N–H and O–H groups in total. The Morgan fingerprint density at radius 1 is 0.864 bits per heavy atom. The van der Waals surface area contributed by atoms with E-state index in [4.69, 9.17) is 92.8 Å². The molecule has 0 fully saturated rings. The molecule has 0 aromatic carbocycles. The van der Waals surface area contributed by atoms with E-state index < -0.39 is 3.79 Å². The van der Waals surface area contributed by atoms with Gasteiger partial charge in [-0.05, 0) is 29.3 Å². The summed E-state index contributed by atoms with van der Waals surface area (Å²) in [6.45, 7) is 0. The summed E-state index contributed by atoms with van der Waals surface area (Å²) in [7, 11) is 0. The molecule has 0 atom stereocenters. The van der Waals surface area contributed by atoms with Crippen LogP contribution >= 0.6 is 92.8 Å². The van der Waals surface area contributed by atoms with E-state index in [-0.39, 0.29) is 25.4 Å². The summed E-state index contributed by atoms with van der Waals surface area (Å²) in [6, 6.07) is 3.32. The zero-order valence-electron chi connectivity index (χ0n) is 10.2. The summed E-state index contributed by atoms with van der Waals surface area (Å²) in [5.74, 6) is 0. The van der Waals surface area contributed by atoms with Crippen molar-refractivity contribution < 1.29 is 4.40 Å². The summed E-state index contributed by atoms with van der Waals surface area (Å²) >= 11 is 48.7. The molecule has 0 aliphatic rings. The van der Waals surface area contributed by atoms with E-state index in [1.165, 1.54) is 0 Å². The Balaban J connectivity index is 2.55. The zero-order valence-corrected chi connectivity index (χ0v) is 16.2. The van der Waals surface area contributed by atoms with E-state index in [2.05, 4.69) is 0 Å². The Bertz CT molecular complexity index is 925. The maximum atomic E-state index is 6.38. The zero-order chi connectivity index (χ0) is 16.4. The highest BCUT2D eigenvalue weighted by atomic mass is 35.6. The quantitative estimate of drug-likeness (QED) is 0.200. The van der Waals surface area contributed by atoms with Crippen LogP contribution in [-0.4, -0.2) is 4.40 Å². The second-order valence-corrected chi connectivity index (χ2v) is 8.48. The van der Waals surface area contributed by atoms with Crippen molar-refractivity contribution in [3.63, 3.8) is 0 Å². The number of imidazole rings is 1. The van der Waals surface area contributed by atoms with Gasteiger partial charge in [-0.3, -0.25) is 0 Å². The Labute approximate surface area is 164 Å². The lowest BCUT2D eigenvalue weighted by Gasteiger charge is -2.08. The number of hydrogen-bond acceptors (Lipinski definition) is 0. The van der Waals surface area contributed by atoms with Crippen LogP contribution in [0.25, 0.3) is 11.2 Å². The fourth-order valence-electron chi connectivity index (χ4n) is 2.10. The first-order valence-electron chi connectivity index (χ1n) is 5.59. The normalized spacial score (nSPS) is 12.5. The number of halogens is 8. The smallest absolute Gasteiger partial charge is 0.184 e. The van der Waals surface area contributed by atoms with E-state index in [9.17, 15) is 0 Å². The molecule has 3 rings (SSSR count). The van der Waals surface area contributed by atoms with Crippen molar-refractivity contribution in [2.24, 2.45) is 0 Å². The lowest BCUT2D eigenvalue weighted by Crippen LogP contribution is -2.22. The van der Waals surface area contributed by atoms with Crippen LogP contribution in [0.2, 0.25) is 25.4 Å². The van der Waals surface area contributed by atoms with Crippen molar-refractivity contribution in [3.8, 4) is 0 Å². The molecule has 2 nitrogen and oxygen atoms in total. The number of fused-ring (bicyclic) bond motifs is 3. The van der Waals surface area contributed by atoms with Crippen molar-refractivity contribution in [1.29, 1.82) is 0 Å². The molecule has 0 saturated heterocycles. The molecular weight excluding hydrogens is 456 g/mol. The van der Waals surface area contributed by atoms with Gasteiger partial charge in [0.15, 0.2) is 0 Å². The first-order valence-corrected chi connectivity index (χ1v) is 8.61. The van der Waals surface area contributed by atoms with E-state index in [1.807, 2.05) is 0 Å². The van der Waals surface area contributed by atoms with Gasteiger partial charge >= 0.3 is 0 Å². The van der Waals surface area contributed by atoms with E-state index >= 15 is 0 Å². The minimum atomic E-state index is -1.60. The highest BCUT2D eigenvalue weighted by molar-refractivity contribution is 6.66. The molecule has 116 valence electrons. The third-order valence-corrected chi connectivity index (χ3v) is 5.86. The monoisotopic (exact) mass is 455 g/mol. The first-order chi connectivity index (χ1) is 10.1. The van der Waals surface area contributed by atoms with Crippen molar-refractivity contribution >= 4 is 104 Å². The summed E-state index contributed by atoms with van der Waals surface area (Å²) in [4.78, 5) is 0. The first kappa shape index (κ1) is 17.3. The highest BCUT2D eigenvalue weighted by Gasteiger charge is 2.31. The van der Waals surface area contributed by atoms with Gasteiger partial charge in [0.25, 0.3) is 5.65 Å². The number of hydrogen-bond donors (Lipinski definition) is 0. The molecule has 10 heteroatoms. The Kier molecular flexibility index (Phi) is 4.55. The van der Waals surface area contributed by atoms with Gasteiger partial charge in [0.2, 0.25) is 19.6 Å². The number of rotatable bonds is 0. The molecule has 22 heavy (non-hydrogen) atoms. The predicted molar refractivity (Wildman–Crippen MR) is 94.8 cm³/mol. The summed E-state index contributed by atoms with van der Waals surface area (Å²) in [5.41, 5.74) is 1.42. The molecule has 0 unspecified atom stereocenters. The van der Waals surface area contributed by atoms with Gasteiger partial charge in [-0.15, -0.1) is 0 Å². The molecule has 0 spiro atoms. The minimum absolute atomic E-state index is 0.118. The number of alkyl halides is 3. The maximum absolute atomic E-state index is 6.38. The van der Waals surface area contributed by atoms with Crippen molar-refractivity contribution in [1.82, 2.24) is 4.40 Å². The fourth-order valence-corrected chi connectivity index (χ4v) is 3.78. The van der Waals surface area contributed by atoms with E-state index in [0.717, 1.165) is 0 Å². The molecule has 0 radical (unpaired) electrons. The van der Waals surface area contributed by atoms with Crippen LogP contribution in [0.5, 0.6) is 0 Å². The number of nitrogens with zero attached hydrogens (tertiary/aromatic N) is 2. The SMILES string of the molecule is Clc1c(Cl)c(Cl)n2c(c1Cl)c(Cl)[n+]1cc(C(Cl)(Cl)Cl)ccc21. The molecule has 0 saturated carbocycles. The Morgan fingerprint density at radius 2 is 1.50 bits per heavy atom. The second-order valence-electron chi connectivity index (χ2n) is 4.35. The van der Waals surface area contributed by atoms with Crippen LogP contribution in [0, 0.1) is 0 Å². The molecule has 0 amide bonds. The molecule has 0 aliphatic heterocycles. The molecule has 0 bridgehead atoms. The average molecular weight is 459 g/mol. The van der Waals surface area contributed by atoms with Crippen LogP contribution in [-0.2, 0) is 3.79 Å². The van der Waals surface area contributed by atoms with Crippen LogP contribution in [0.15, 0.2) is 18.3 Å². The third-order valence-electron chi connectivity index (χ3n) is 3.08. The lowest BCUT2D eigenvalue weighted by atomic mass is 10.3. The number of aromatic nitrogens is 2. The van der Waals surface area contributed by atoms with Crippen molar-refractivity contribution in [2.75, 3.05) is 0 Å². The summed E-state index contributed by atoms with van der Waals surface area (Å²) in [5, 5.41) is 0.863. The van der Waals surface area contributed by atoms with E-state index in [0.29, 0.717) is 16.7 Å². The van der Waals surface area contributed by atoms with Gasteiger partial charge in [0.05, 0.1) is 5.02 Å². The van der Waals surface area contributed by atoms with Gasteiger partial charge in [-0.1, -0.05) is 69.6 Å².